The molecule has 3 heteroatoms. The molecule has 0 N–H and O–H groups in total. The average Bonchev–Trinajstić information content (AvgIpc) is 1.65. The lowest BCUT2D eigenvalue weighted by molar-refractivity contribution is -0.140. The molecule has 2 nitrogen and oxygen atoms in total. The summed E-state index contributed by atoms with van der Waals surface area (Å²) in [6.07, 6.45) is 0. The molecule has 1 atom stereocenters. The van der Waals surface area contributed by atoms with Crippen LogP contribution in [0.2, 0.25) is 5.82 Å². The van der Waals surface area contributed by atoms with Gasteiger partial charge >= 0.3 is 0 Å². The molecule has 7 heavy (non-hydrogen) atoms. The second kappa shape index (κ2) is 2.67. The Bertz CT molecular complexity index is 70.1. The molecule has 0 aromatic heterocycles. The molecule has 0 aromatic carbocycles. The molecule has 0 aliphatic rings. The van der Waals surface area contributed by atoms with Gasteiger partial charge in [0.2, 0.25) is 0 Å². The van der Waals surface area contributed by atoms with Crippen molar-refractivity contribution in [2.45, 2.75) is 12.7 Å². The maximum atomic E-state index is 10.3. The lowest BCUT2D eigenvalue weighted by Crippen LogP contribution is -2.05. The Morgan fingerprint density at radius 1 is 1.86 bits per heavy atom. The van der Waals surface area contributed by atoms with Crippen LogP contribution in [0.25, 0.3) is 0 Å². The summed E-state index contributed by atoms with van der Waals surface area (Å²) in [4.78, 5) is 10.3. The van der Waals surface area contributed by atoms with Crippen molar-refractivity contribution in [2.75, 3.05) is 7.11 Å². The maximum Gasteiger partial charge on any atom is 0.300 e. The smallest absolute Gasteiger partial charge is 0.300 e. The van der Waals surface area contributed by atoms with Crippen molar-refractivity contribution in [2.24, 2.45) is 0 Å². The third kappa shape index (κ3) is 2.26. The number of esters is 1. The zero-order valence-electron chi connectivity index (χ0n) is 4.89. The molecule has 40 valence electrons. The van der Waals surface area contributed by atoms with E-state index in [-0.39, 0.29) is 11.8 Å². The molecule has 0 fully saturated rings. The van der Waals surface area contributed by atoms with Gasteiger partial charge in [-0.25, -0.2) is 0 Å². The Morgan fingerprint density at radius 3 is 2.29 bits per heavy atom. The molecule has 0 amide bonds. The summed E-state index contributed by atoms with van der Waals surface area (Å²) in [5.74, 6) is -0.148. The van der Waals surface area contributed by atoms with Crippen LogP contribution in [0.4, 0.5) is 0 Å². The Hall–Kier alpha value is -0.465. The monoisotopic (exact) mass is 100 g/mol. The number of carbonyl (C=O) groups is 1. The van der Waals surface area contributed by atoms with Gasteiger partial charge in [0.05, 0.1) is 7.11 Å². The maximum absolute atomic E-state index is 10.3. The van der Waals surface area contributed by atoms with Gasteiger partial charge in [0.1, 0.15) is 7.85 Å². The van der Waals surface area contributed by atoms with Crippen molar-refractivity contribution in [3.05, 3.63) is 0 Å². The van der Waals surface area contributed by atoms with E-state index in [1.165, 1.54) is 7.11 Å². The first-order chi connectivity index (χ1) is 3.18. The summed E-state index contributed by atoms with van der Waals surface area (Å²) < 4.78 is 4.37. The van der Waals surface area contributed by atoms with Crippen molar-refractivity contribution in [1.29, 1.82) is 0 Å². The topological polar surface area (TPSA) is 26.3 Å². The molecule has 1 unspecified atom stereocenters. The largest absolute Gasteiger partial charge is 0.469 e. The Balaban J connectivity index is 3.35. The quantitative estimate of drug-likeness (QED) is 0.331. The zero-order chi connectivity index (χ0) is 5.86. The number of hydrogen-bond donors (Lipinski definition) is 0. The van der Waals surface area contributed by atoms with E-state index in [1.54, 1.807) is 14.8 Å². The second-order valence-electron chi connectivity index (χ2n) is 1.68. The molecular formula is C4H9BO2. The second-order valence-corrected chi connectivity index (χ2v) is 1.68. The molecule has 0 bridgehead atoms. The fraction of sp³-hybridized carbons (Fsp3) is 0.750. The molecular weight excluding hydrogens is 90.9 g/mol. The van der Waals surface area contributed by atoms with E-state index in [2.05, 4.69) is 4.74 Å². The van der Waals surface area contributed by atoms with Crippen molar-refractivity contribution < 1.29 is 9.53 Å². The van der Waals surface area contributed by atoms with Gasteiger partial charge in [0.15, 0.2) is 0 Å². The van der Waals surface area contributed by atoms with Crippen LogP contribution < -0.4 is 0 Å². The van der Waals surface area contributed by atoms with Gasteiger partial charge in [-0.1, -0.05) is 6.92 Å². The summed E-state index contributed by atoms with van der Waals surface area (Å²) in [6.45, 7) is 1.80. The van der Waals surface area contributed by atoms with Crippen LogP contribution in [0.1, 0.15) is 6.92 Å². The van der Waals surface area contributed by atoms with E-state index in [4.69, 9.17) is 0 Å². The third-order valence-electron chi connectivity index (χ3n) is 0.673. The standard InChI is InChI=1S/C4H9BO2/c1-3(5)4(6)7-2/h3H,5H2,1-2H3. The first kappa shape index (κ1) is 6.53. The van der Waals surface area contributed by atoms with E-state index >= 15 is 0 Å². The van der Waals surface area contributed by atoms with E-state index in [0.717, 1.165) is 0 Å². The molecule has 0 aromatic rings. The highest BCUT2D eigenvalue weighted by molar-refractivity contribution is 6.22. The van der Waals surface area contributed by atoms with E-state index in [9.17, 15) is 4.79 Å². The van der Waals surface area contributed by atoms with Crippen molar-refractivity contribution in [3.63, 3.8) is 0 Å². The van der Waals surface area contributed by atoms with Crippen LogP contribution in [0.5, 0.6) is 0 Å². The zero-order valence-corrected chi connectivity index (χ0v) is 4.89. The van der Waals surface area contributed by atoms with Crippen molar-refractivity contribution in [1.82, 2.24) is 0 Å². The first-order valence-corrected chi connectivity index (χ1v) is 2.26. The lowest BCUT2D eigenvalue weighted by Gasteiger charge is -1.97. The van der Waals surface area contributed by atoms with Crippen LogP contribution >= 0.6 is 0 Å². The highest BCUT2D eigenvalue weighted by atomic mass is 16.5. The minimum atomic E-state index is -0.153. The molecule has 0 aliphatic heterocycles. The SMILES string of the molecule is BC(C)C(=O)OC. The van der Waals surface area contributed by atoms with Gasteiger partial charge in [0.25, 0.3) is 5.97 Å². The molecule has 0 spiro atoms. The number of rotatable bonds is 1. The van der Waals surface area contributed by atoms with Crippen LogP contribution in [0.3, 0.4) is 0 Å². The lowest BCUT2D eigenvalue weighted by atomic mass is 9.90. The molecule has 0 aliphatic carbocycles. The van der Waals surface area contributed by atoms with Gasteiger partial charge in [-0.05, 0) is 0 Å². The van der Waals surface area contributed by atoms with Gasteiger partial charge < -0.3 is 4.74 Å². The molecule has 0 saturated carbocycles. The third-order valence-corrected chi connectivity index (χ3v) is 0.673. The average molecular weight is 99.9 g/mol. The predicted octanol–water partition coefficient (Wildman–Crippen LogP) is -0.399. The van der Waals surface area contributed by atoms with Crippen LogP contribution in [-0.2, 0) is 9.53 Å². The predicted molar refractivity (Wildman–Crippen MR) is 30.0 cm³/mol. The van der Waals surface area contributed by atoms with E-state index in [0.29, 0.717) is 0 Å². The number of methoxy groups -OCH3 is 1. The van der Waals surface area contributed by atoms with Crippen LogP contribution in [0, 0.1) is 0 Å². The Morgan fingerprint density at radius 2 is 2.29 bits per heavy atom. The fourth-order valence-electron chi connectivity index (χ4n) is 0.236. The van der Waals surface area contributed by atoms with Crippen LogP contribution in [0.15, 0.2) is 0 Å². The molecule has 0 saturated heterocycles. The summed E-state index contributed by atoms with van der Waals surface area (Å²) in [6, 6.07) is 0. The molecule has 0 radical (unpaired) electrons. The normalized spacial score (nSPS) is 12.9. The molecule has 0 heterocycles. The summed E-state index contributed by atoms with van der Waals surface area (Å²) >= 11 is 0. The van der Waals surface area contributed by atoms with Crippen LogP contribution in [-0.4, -0.2) is 20.9 Å². The minimum absolute atomic E-state index is 0.00463. The van der Waals surface area contributed by atoms with Gasteiger partial charge in [-0.15, -0.1) is 0 Å². The van der Waals surface area contributed by atoms with Gasteiger partial charge in [0, 0.05) is 5.82 Å². The number of ether oxygens (including phenoxy) is 1. The van der Waals surface area contributed by atoms with Gasteiger partial charge in [-0.2, -0.15) is 0 Å². The van der Waals surface area contributed by atoms with Gasteiger partial charge in [-0.3, -0.25) is 4.79 Å². The van der Waals surface area contributed by atoms with Crippen molar-refractivity contribution in [3.8, 4) is 0 Å². The summed E-state index contributed by atoms with van der Waals surface area (Å²) in [5, 5.41) is 0. The van der Waals surface area contributed by atoms with E-state index < -0.39 is 0 Å². The Labute approximate surface area is 44.3 Å². The minimum Gasteiger partial charge on any atom is -0.469 e. The highest BCUT2D eigenvalue weighted by Crippen LogP contribution is 1.95. The summed E-state index contributed by atoms with van der Waals surface area (Å²) in [5.41, 5.74) is 0. The summed E-state index contributed by atoms with van der Waals surface area (Å²) in [7, 11) is 3.19. The number of hydrogen-bond acceptors (Lipinski definition) is 2. The van der Waals surface area contributed by atoms with E-state index in [1.807, 2.05) is 0 Å². The highest BCUT2D eigenvalue weighted by Gasteiger charge is 2.03. The Kier molecular flexibility index (Phi) is 2.49. The molecule has 0 rings (SSSR count). The van der Waals surface area contributed by atoms with Crippen molar-refractivity contribution >= 4 is 13.8 Å². The fourth-order valence-corrected chi connectivity index (χ4v) is 0.236. The number of carbonyl (C=O) groups excluding carboxylic acids is 1. The first-order valence-electron chi connectivity index (χ1n) is 2.26.